The lowest BCUT2D eigenvalue weighted by Gasteiger charge is -2.11. The average molecular weight is 471 g/mol. The van der Waals surface area contributed by atoms with Crippen molar-refractivity contribution < 1.29 is 9.53 Å². The number of thioether (sulfide) groups is 1. The van der Waals surface area contributed by atoms with Crippen molar-refractivity contribution in [2.24, 2.45) is 0 Å². The zero-order chi connectivity index (χ0) is 21.6. The molecule has 158 valence electrons. The van der Waals surface area contributed by atoms with Gasteiger partial charge in [0.1, 0.15) is 11.6 Å². The summed E-state index contributed by atoms with van der Waals surface area (Å²) < 4.78 is 7.25. The van der Waals surface area contributed by atoms with Crippen molar-refractivity contribution in [1.29, 1.82) is 0 Å². The maximum atomic E-state index is 12.4. The number of hydrogen-bond acceptors (Lipinski definition) is 6. The highest BCUT2D eigenvalue weighted by Gasteiger charge is 2.17. The van der Waals surface area contributed by atoms with Gasteiger partial charge in [0.15, 0.2) is 5.16 Å². The van der Waals surface area contributed by atoms with Crippen molar-refractivity contribution >= 4 is 46.3 Å². The number of hydrogen-bond donors (Lipinski definition) is 1. The smallest absolute Gasteiger partial charge is 0.234 e. The molecule has 0 radical (unpaired) electrons. The average Bonchev–Trinajstić information content (AvgIpc) is 3.43. The number of ether oxygens (including phenoxy) is 1. The van der Waals surface area contributed by atoms with E-state index in [4.69, 9.17) is 16.3 Å². The standard InChI is InChI=1S/C22H19ClN4O2S2/c1-29-18-9-7-17(8-10-18)27-20(13-19-6-3-11-30-19)25-26-22(27)31-14-21(28)24-16-5-2-4-15(23)12-16/h2-12H,13-14H2,1H3,(H,24,28). The number of benzene rings is 2. The second-order valence-corrected chi connectivity index (χ2v) is 8.95. The Morgan fingerprint density at radius 1 is 1.16 bits per heavy atom. The number of thiophene rings is 1. The molecule has 6 nitrogen and oxygen atoms in total. The normalized spacial score (nSPS) is 10.8. The second-order valence-electron chi connectivity index (χ2n) is 6.54. The van der Waals surface area contributed by atoms with Gasteiger partial charge in [-0.05, 0) is 53.9 Å². The topological polar surface area (TPSA) is 69.0 Å². The van der Waals surface area contributed by atoms with Gasteiger partial charge in [-0.3, -0.25) is 9.36 Å². The molecule has 2 heterocycles. The number of methoxy groups -OCH3 is 1. The van der Waals surface area contributed by atoms with Gasteiger partial charge in [0.25, 0.3) is 0 Å². The fraction of sp³-hybridized carbons (Fsp3) is 0.136. The molecule has 0 aliphatic rings. The molecule has 4 rings (SSSR count). The Balaban J connectivity index is 1.54. The first-order valence-electron chi connectivity index (χ1n) is 9.41. The van der Waals surface area contributed by atoms with Crippen LogP contribution >= 0.6 is 34.7 Å². The van der Waals surface area contributed by atoms with Crippen molar-refractivity contribution in [3.8, 4) is 11.4 Å². The van der Waals surface area contributed by atoms with E-state index in [0.29, 0.717) is 22.3 Å². The number of aromatic nitrogens is 3. The monoisotopic (exact) mass is 470 g/mol. The summed E-state index contributed by atoms with van der Waals surface area (Å²) in [6.07, 6.45) is 0.659. The van der Waals surface area contributed by atoms with Crippen LogP contribution in [-0.4, -0.2) is 33.5 Å². The number of amides is 1. The molecule has 2 aromatic heterocycles. The third-order valence-corrected chi connectivity index (χ3v) is 6.42. The Bertz CT molecular complexity index is 1160. The number of nitrogens with zero attached hydrogens (tertiary/aromatic N) is 3. The third-order valence-electron chi connectivity index (χ3n) is 4.38. The fourth-order valence-corrected chi connectivity index (χ4v) is 4.62. The highest BCUT2D eigenvalue weighted by molar-refractivity contribution is 7.99. The molecule has 9 heteroatoms. The molecule has 0 unspecified atom stereocenters. The summed E-state index contributed by atoms with van der Waals surface area (Å²) in [6, 6.07) is 18.9. The lowest BCUT2D eigenvalue weighted by Crippen LogP contribution is -2.14. The number of rotatable bonds is 8. The first-order chi connectivity index (χ1) is 15.1. The maximum Gasteiger partial charge on any atom is 0.234 e. The summed E-state index contributed by atoms with van der Waals surface area (Å²) in [6.45, 7) is 0. The second kappa shape index (κ2) is 10.00. The van der Waals surface area contributed by atoms with Gasteiger partial charge in [-0.25, -0.2) is 0 Å². The van der Waals surface area contributed by atoms with Crippen molar-refractivity contribution in [2.75, 3.05) is 18.2 Å². The van der Waals surface area contributed by atoms with Crippen LogP contribution in [0.5, 0.6) is 5.75 Å². The number of carbonyl (C=O) groups is 1. The molecule has 0 saturated carbocycles. The Labute approximate surface area is 193 Å². The summed E-state index contributed by atoms with van der Waals surface area (Å²) in [4.78, 5) is 13.6. The first-order valence-corrected chi connectivity index (χ1v) is 11.7. The Hall–Kier alpha value is -2.81. The van der Waals surface area contributed by atoms with E-state index in [9.17, 15) is 4.79 Å². The summed E-state index contributed by atoms with van der Waals surface area (Å²) in [5, 5.41) is 14.9. The van der Waals surface area contributed by atoms with Crippen LogP contribution < -0.4 is 10.1 Å². The number of anilines is 1. The largest absolute Gasteiger partial charge is 0.497 e. The molecule has 2 aromatic carbocycles. The molecule has 0 fully saturated rings. The van der Waals surface area contributed by atoms with E-state index in [1.165, 1.54) is 16.6 Å². The van der Waals surface area contributed by atoms with Gasteiger partial charge in [0, 0.05) is 27.7 Å². The van der Waals surface area contributed by atoms with E-state index in [1.54, 1.807) is 42.7 Å². The van der Waals surface area contributed by atoms with Gasteiger partial charge in [-0.2, -0.15) is 0 Å². The fourth-order valence-electron chi connectivity index (χ4n) is 2.96. The van der Waals surface area contributed by atoms with Gasteiger partial charge in [-0.1, -0.05) is 35.5 Å². The van der Waals surface area contributed by atoms with Crippen molar-refractivity contribution in [1.82, 2.24) is 14.8 Å². The lowest BCUT2D eigenvalue weighted by atomic mass is 10.2. The van der Waals surface area contributed by atoms with Crippen LogP contribution in [0.15, 0.2) is 71.2 Å². The van der Waals surface area contributed by atoms with Gasteiger partial charge >= 0.3 is 0 Å². The first kappa shape index (κ1) is 21.4. The molecule has 0 saturated heterocycles. The van der Waals surface area contributed by atoms with Gasteiger partial charge in [-0.15, -0.1) is 21.5 Å². The van der Waals surface area contributed by atoms with E-state index < -0.39 is 0 Å². The predicted octanol–water partition coefficient (Wildman–Crippen LogP) is 5.31. The van der Waals surface area contributed by atoms with E-state index in [1.807, 2.05) is 40.3 Å². The van der Waals surface area contributed by atoms with Crippen LogP contribution in [0.3, 0.4) is 0 Å². The molecule has 0 spiro atoms. The van der Waals surface area contributed by atoms with Gasteiger partial charge in [0.05, 0.1) is 12.9 Å². The predicted molar refractivity (Wildman–Crippen MR) is 126 cm³/mol. The lowest BCUT2D eigenvalue weighted by molar-refractivity contribution is -0.113. The Kier molecular flexibility index (Phi) is 6.91. The molecule has 4 aromatic rings. The summed E-state index contributed by atoms with van der Waals surface area (Å²) in [7, 11) is 1.63. The number of halogens is 1. The quantitative estimate of drug-likeness (QED) is 0.353. The van der Waals surface area contributed by atoms with Crippen molar-refractivity contribution in [3.05, 3.63) is 81.8 Å². The molecular formula is C22H19ClN4O2S2. The van der Waals surface area contributed by atoms with Crippen LogP contribution in [0.25, 0.3) is 5.69 Å². The third kappa shape index (κ3) is 5.46. The molecular weight excluding hydrogens is 452 g/mol. The van der Waals surface area contributed by atoms with Crippen LogP contribution in [0.1, 0.15) is 10.7 Å². The molecule has 1 amide bonds. The van der Waals surface area contributed by atoms with E-state index >= 15 is 0 Å². The van der Waals surface area contributed by atoms with E-state index in [2.05, 4.69) is 21.6 Å². The summed E-state index contributed by atoms with van der Waals surface area (Å²) >= 11 is 8.99. The van der Waals surface area contributed by atoms with Crippen LogP contribution in [0, 0.1) is 0 Å². The van der Waals surface area contributed by atoms with Crippen molar-refractivity contribution in [3.63, 3.8) is 0 Å². The highest BCUT2D eigenvalue weighted by Crippen LogP contribution is 2.26. The van der Waals surface area contributed by atoms with E-state index in [0.717, 1.165) is 17.3 Å². The number of carbonyl (C=O) groups excluding carboxylic acids is 1. The number of nitrogens with one attached hydrogen (secondary N) is 1. The van der Waals surface area contributed by atoms with Gasteiger partial charge < -0.3 is 10.1 Å². The molecule has 0 atom stereocenters. The minimum absolute atomic E-state index is 0.142. The molecule has 0 bridgehead atoms. The highest BCUT2D eigenvalue weighted by atomic mass is 35.5. The van der Waals surface area contributed by atoms with Gasteiger partial charge in [0.2, 0.25) is 5.91 Å². The summed E-state index contributed by atoms with van der Waals surface area (Å²) in [5.74, 6) is 1.63. The zero-order valence-electron chi connectivity index (χ0n) is 16.6. The maximum absolute atomic E-state index is 12.4. The molecule has 1 N–H and O–H groups in total. The molecule has 0 aliphatic heterocycles. The van der Waals surface area contributed by atoms with Crippen molar-refractivity contribution in [2.45, 2.75) is 11.6 Å². The van der Waals surface area contributed by atoms with E-state index in [-0.39, 0.29) is 11.7 Å². The Morgan fingerprint density at radius 2 is 2.00 bits per heavy atom. The molecule has 31 heavy (non-hydrogen) atoms. The Morgan fingerprint density at radius 3 is 2.71 bits per heavy atom. The minimum atomic E-state index is -0.142. The van der Waals surface area contributed by atoms with Crippen LogP contribution in [-0.2, 0) is 11.2 Å². The SMILES string of the molecule is COc1ccc(-n2c(Cc3cccs3)nnc2SCC(=O)Nc2cccc(Cl)c2)cc1. The van der Waals surface area contributed by atoms with Crippen LogP contribution in [0.4, 0.5) is 5.69 Å². The zero-order valence-corrected chi connectivity index (χ0v) is 19.0. The molecule has 0 aliphatic carbocycles. The summed E-state index contributed by atoms with van der Waals surface area (Å²) in [5.41, 5.74) is 1.57. The minimum Gasteiger partial charge on any atom is -0.497 e. The van der Waals surface area contributed by atoms with Crippen LogP contribution in [0.2, 0.25) is 5.02 Å².